The van der Waals surface area contributed by atoms with Gasteiger partial charge in [-0.05, 0) is 150 Å². The first-order chi connectivity index (χ1) is 42.1. The number of aliphatic hydroxyl groups is 1. The molecule has 0 spiro atoms. The van der Waals surface area contributed by atoms with E-state index in [1.54, 1.807) is 0 Å². The van der Waals surface area contributed by atoms with Crippen LogP contribution in [0.25, 0.3) is 67.2 Å². The number of carbonyl (C=O) groups is 3. The summed E-state index contributed by atoms with van der Waals surface area (Å²) in [6.45, 7) is 12.2. The number of aromatic nitrogens is 3. The van der Waals surface area contributed by atoms with Gasteiger partial charge in [-0.2, -0.15) is 0 Å². The van der Waals surface area contributed by atoms with E-state index < -0.39 is 0 Å². The number of unbranched alkanes of at least 4 members (excludes halogenated alkanes) is 3. The Hall–Kier alpha value is -7.54. The smallest absolute Gasteiger partial charge is 0.240 e. The average Bonchev–Trinajstić information content (AvgIpc) is 2.68. The van der Waals surface area contributed by atoms with Gasteiger partial charge in [-0.15, -0.1) is 34.0 Å². The summed E-state index contributed by atoms with van der Waals surface area (Å²) < 4.78 is 0. The van der Waals surface area contributed by atoms with Crippen molar-refractivity contribution in [2.75, 3.05) is 82.0 Å². The molecule has 1 aliphatic heterocycles. The number of aliphatic hydroxyl groups excluding tert-OH is 1. The van der Waals surface area contributed by atoms with E-state index in [2.05, 4.69) is 194 Å². The van der Waals surface area contributed by atoms with Crippen LogP contribution in [0.3, 0.4) is 0 Å². The van der Waals surface area contributed by atoms with E-state index in [4.69, 9.17) is 5.11 Å². The van der Waals surface area contributed by atoms with Crippen LogP contribution >= 0.6 is 34.0 Å². The molecule has 0 unspecified atom stereocenters. The van der Waals surface area contributed by atoms with Crippen LogP contribution in [-0.2, 0) is 33.6 Å². The monoisotopic (exact) mass is 1200 g/mol. The van der Waals surface area contributed by atoms with Crippen LogP contribution in [-0.4, -0.2) is 118 Å². The second-order valence-electron chi connectivity index (χ2n) is 22.5. The number of piperazine rings is 1. The third-order valence-corrected chi connectivity index (χ3v) is 18.8. The molecule has 0 radical (unpaired) electrons. The van der Waals surface area contributed by atoms with Crippen molar-refractivity contribution in [2.45, 2.75) is 78.1 Å². The SMILES string of the molecule is CCN(CC)CCCCCCC(=O)Nc1nc(-c2ccc3c(c2)Cc2ccccc2-3)cs1.CN1CCN(CC(=O)Nc2nc(-c3ccc4c(c3)Cc3ccccc3-4)cs2)CC1.O=C(CCCO)Nc1nc(-c2ccc3c(c2)Cc2ccccc2-3)cs1. The Bertz CT molecular complexity index is 3820. The molecule has 86 heavy (non-hydrogen) atoms. The number of nitrogens with one attached hydrogen (secondary N) is 3. The highest BCUT2D eigenvalue weighted by Gasteiger charge is 2.23. The second kappa shape index (κ2) is 28.8. The van der Waals surface area contributed by atoms with E-state index in [9.17, 15) is 14.4 Å². The molecule has 16 heteroatoms. The van der Waals surface area contributed by atoms with Crippen molar-refractivity contribution < 1.29 is 19.5 Å². The van der Waals surface area contributed by atoms with Crippen LogP contribution < -0.4 is 16.0 Å². The summed E-state index contributed by atoms with van der Waals surface area (Å²) >= 11 is 4.41. The average molecular weight is 1200 g/mol. The van der Waals surface area contributed by atoms with Crippen LogP contribution in [0.15, 0.2) is 144 Å². The lowest BCUT2D eigenvalue weighted by atomic mass is 10.0. The summed E-state index contributed by atoms with van der Waals surface area (Å²) in [5.74, 6) is -0.0294. The molecule has 442 valence electrons. The molecule has 4 aliphatic rings. The molecular weight excluding hydrogens is 1130 g/mol. The summed E-state index contributed by atoms with van der Waals surface area (Å²) in [7, 11) is 2.12. The highest BCUT2D eigenvalue weighted by atomic mass is 32.1. The molecule has 0 bridgehead atoms. The van der Waals surface area contributed by atoms with Crippen molar-refractivity contribution in [3.05, 3.63) is 177 Å². The van der Waals surface area contributed by atoms with Crippen LogP contribution in [0.2, 0.25) is 0 Å². The van der Waals surface area contributed by atoms with Gasteiger partial charge in [-0.1, -0.05) is 136 Å². The minimum atomic E-state index is -0.112. The number of anilines is 3. The van der Waals surface area contributed by atoms with E-state index in [1.807, 2.05) is 16.1 Å². The van der Waals surface area contributed by atoms with Crippen LogP contribution in [0.1, 0.15) is 92.2 Å². The molecule has 0 atom stereocenters. The van der Waals surface area contributed by atoms with E-state index in [1.165, 1.54) is 114 Å². The number of rotatable bonds is 20. The lowest BCUT2D eigenvalue weighted by Gasteiger charge is -2.31. The van der Waals surface area contributed by atoms with Gasteiger partial charge in [0.2, 0.25) is 17.7 Å². The molecule has 13 rings (SSSR count). The lowest BCUT2D eigenvalue weighted by molar-refractivity contribution is -0.118. The Labute approximate surface area is 517 Å². The third kappa shape index (κ3) is 15.0. The Morgan fingerprint density at radius 3 is 1.28 bits per heavy atom. The van der Waals surface area contributed by atoms with Crippen LogP contribution in [0.5, 0.6) is 0 Å². The molecule has 13 nitrogen and oxygen atoms in total. The fourth-order valence-electron chi connectivity index (χ4n) is 11.8. The van der Waals surface area contributed by atoms with E-state index in [0.717, 1.165) is 112 Å². The minimum Gasteiger partial charge on any atom is -0.396 e. The molecule has 3 aliphatic carbocycles. The predicted octanol–water partition coefficient (Wildman–Crippen LogP) is 14.3. The third-order valence-electron chi connectivity index (χ3n) is 16.6. The number of hydrogen-bond donors (Lipinski definition) is 4. The largest absolute Gasteiger partial charge is 0.396 e. The Kier molecular flexibility index (Phi) is 20.1. The molecule has 4 heterocycles. The summed E-state index contributed by atoms with van der Waals surface area (Å²) in [5, 5.41) is 25.5. The van der Waals surface area contributed by atoms with Gasteiger partial charge in [-0.3, -0.25) is 19.3 Å². The maximum atomic E-state index is 12.4. The van der Waals surface area contributed by atoms with Gasteiger partial charge in [0.1, 0.15) is 0 Å². The van der Waals surface area contributed by atoms with E-state index in [0.29, 0.717) is 41.2 Å². The fraction of sp³-hybridized carbons (Fsp3) is 0.314. The van der Waals surface area contributed by atoms with Crippen molar-refractivity contribution in [2.24, 2.45) is 0 Å². The van der Waals surface area contributed by atoms with Crippen LogP contribution in [0, 0.1) is 0 Å². The molecule has 3 amide bonds. The van der Waals surface area contributed by atoms with Gasteiger partial charge in [-0.25, -0.2) is 15.0 Å². The van der Waals surface area contributed by atoms with Gasteiger partial charge in [0, 0.05) is 78.5 Å². The topological polar surface area (TPSA) is 156 Å². The molecule has 1 saturated heterocycles. The summed E-state index contributed by atoms with van der Waals surface area (Å²) in [6, 6.07) is 45.3. The Morgan fingerprint density at radius 2 is 0.860 bits per heavy atom. The molecule has 9 aromatic rings. The minimum absolute atomic E-state index is 0.0138. The second-order valence-corrected chi connectivity index (χ2v) is 25.0. The highest BCUT2D eigenvalue weighted by Crippen LogP contribution is 2.42. The van der Waals surface area contributed by atoms with Gasteiger partial charge in [0.05, 0.1) is 23.6 Å². The van der Waals surface area contributed by atoms with Crippen molar-refractivity contribution >= 4 is 67.1 Å². The molecule has 6 aromatic carbocycles. The number of hydrogen-bond acceptors (Lipinski definition) is 13. The van der Waals surface area contributed by atoms with E-state index in [-0.39, 0.29) is 24.3 Å². The first kappa shape index (κ1) is 60.2. The number of fused-ring (bicyclic) bond motifs is 9. The van der Waals surface area contributed by atoms with Crippen molar-refractivity contribution in [1.82, 2.24) is 29.7 Å². The normalized spacial score (nSPS) is 13.5. The van der Waals surface area contributed by atoms with Crippen molar-refractivity contribution in [3.8, 4) is 67.2 Å². The lowest BCUT2D eigenvalue weighted by Crippen LogP contribution is -2.47. The number of likely N-dealkylation sites (N-methyl/N-ethyl adjacent to an activating group) is 1. The number of amides is 3. The first-order valence-electron chi connectivity index (χ1n) is 30.2. The number of benzene rings is 6. The fourth-order valence-corrected chi connectivity index (χ4v) is 14.0. The maximum Gasteiger partial charge on any atom is 0.240 e. The molecule has 0 saturated carbocycles. The van der Waals surface area contributed by atoms with Crippen molar-refractivity contribution in [1.29, 1.82) is 0 Å². The summed E-state index contributed by atoms with van der Waals surface area (Å²) in [6.07, 6.45) is 8.69. The summed E-state index contributed by atoms with van der Waals surface area (Å²) in [5.41, 5.74) is 22.1. The molecular formula is C70H75N9O4S3. The molecule has 3 aromatic heterocycles. The summed E-state index contributed by atoms with van der Waals surface area (Å²) in [4.78, 5) is 57.2. The van der Waals surface area contributed by atoms with Gasteiger partial charge in [0.25, 0.3) is 0 Å². The Balaban J connectivity index is 0.000000135. The van der Waals surface area contributed by atoms with Gasteiger partial charge >= 0.3 is 0 Å². The molecule has 1 fully saturated rings. The number of carbonyl (C=O) groups excluding carboxylic acids is 3. The Morgan fingerprint density at radius 1 is 0.477 bits per heavy atom. The highest BCUT2D eigenvalue weighted by molar-refractivity contribution is 7.14. The zero-order valence-corrected chi connectivity index (χ0v) is 51.8. The predicted molar refractivity (Wildman–Crippen MR) is 354 cm³/mol. The number of thiazole rings is 3. The van der Waals surface area contributed by atoms with Crippen LogP contribution in [0.4, 0.5) is 15.4 Å². The first-order valence-corrected chi connectivity index (χ1v) is 32.9. The van der Waals surface area contributed by atoms with E-state index >= 15 is 0 Å². The molecule has 4 N–H and O–H groups in total. The number of nitrogens with zero attached hydrogens (tertiary/aromatic N) is 6. The van der Waals surface area contributed by atoms with Gasteiger partial charge in [0.15, 0.2) is 15.4 Å². The van der Waals surface area contributed by atoms with Crippen molar-refractivity contribution in [3.63, 3.8) is 0 Å². The standard InChI is InChI=1S/C27H33N3OS.C23H24N4OS.C20H18N2O2S/c1-3-30(4-2)16-10-6-5-7-13-26(31)29-27-28-25(19-32-27)21-14-15-24-22(18-21)17-20-11-8-9-12-23(20)24;1-26-8-10-27(11-9-26)14-22(28)25-23-24-21(15-29-23)17-6-7-20-18(13-17)12-16-4-2-3-5-19(16)20;23-9-3-6-19(24)22-20-21-18(12-25-20)14-7-8-17-15(11-14)10-13-4-1-2-5-16(13)17/h8-9,11-12,14-15,18-19H,3-7,10,13,16-17H2,1-2H3,(H,28,29,31);2-7,13,15H,8-12,14H2,1H3,(H,24,25,28);1-2,4-5,7-8,11-12,23H,3,6,9-10H2,(H,21,22,24). The zero-order chi connectivity index (χ0) is 59.4. The van der Waals surface area contributed by atoms with Gasteiger partial charge < -0.3 is 30.9 Å². The quantitative estimate of drug-likeness (QED) is 0.0542. The maximum absolute atomic E-state index is 12.4. The zero-order valence-electron chi connectivity index (χ0n) is 49.4.